The van der Waals surface area contributed by atoms with Crippen molar-refractivity contribution in [1.29, 1.82) is 0 Å². The molecule has 0 radical (unpaired) electrons. The number of amides is 2. The van der Waals surface area contributed by atoms with E-state index in [4.69, 9.17) is 9.15 Å². The molecule has 31 heavy (non-hydrogen) atoms. The number of benzene rings is 2. The third-order valence-corrected chi connectivity index (χ3v) is 4.82. The predicted molar refractivity (Wildman–Crippen MR) is 119 cm³/mol. The number of nitrogens with zero attached hydrogens (tertiary/aromatic N) is 2. The third-order valence-electron chi connectivity index (χ3n) is 4.82. The summed E-state index contributed by atoms with van der Waals surface area (Å²) in [5, 5.41) is 2.80. The molecule has 1 aromatic heterocycles. The Balaban J connectivity index is 1.46. The lowest BCUT2D eigenvalue weighted by Crippen LogP contribution is -2.37. The number of hydrogen-bond acceptors (Lipinski definition) is 5. The second-order valence-electron chi connectivity index (χ2n) is 7.03. The van der Waals surface area contributed by atoms with Gasteiger partial charge in [-0.2, -0.15) is 0 Å². The fourth-order valence-corrected chi connectivity index (χ4v) is 3.16. The van der Waals surface area contributed by atoms with E-state index < -0.39 is 0 Å². The van der Waals surface area contributed by atoms with Crippen LogP contribution in [0, 0.1) is 0 Å². The molecule has 2 aromatic carbocycles. The van der Waals surface area contributed by atoms with Crippen molar-refractivity contribution >= 4 is 17.5 Å². The second-order valence-corrected chi connectivity index (χ2v) is 7.03. The molecule has 0 fully saturated rings. The van der Waals surface area contributed by atoms with E-state index in [1.165, 1.54) is 0 Å². The lowest BCUT2D eigenvalue weighted by atomic mass is 10.2. The van der Waals surface area contributed by atoms with Gasteiger partial charge in [-0.3, -0.25) is 9.59 Å². The Labute approximate surface area is 182 Å². The maximum absolute atomic E-state index is 12.6. The van der Waals surface area contributed by atoms with E-state index in [0.29, 0.717) is 48.9 Å². The van der Waals surface area contributed by atoms with Crippen LogP contribution >= 0.6 is 0 Å². The fraction of sp³-hybridized carbons (Fsp3) is 0.292. The van der Waals surface area contributed by atoms with Crippen molar-refractivity contribution in [3.63, 3.8) is 0 Å². The van der Waals surface area contributed by atoms with E-state index in [9.17, 15) is 9.59 Å². The summed E-state index contributed by atoms with van der Waals surface area (Å²) in [5.74, 6) is 1.65. The highest BCUT2D eigenvalue weighted by Crippen LogP contribution is 2.20. The van der Waals surface area contributed by atoms with Gasteiger partial charge in [0.05, 0.1) is 19.9 Å². The maximum Gasteiger partial charge on any atom is 0.243 e. The van der Waals surface area contributed by atoms with E-state index >= 15 is 0 Å². The van der Waals surface area contributed by atoms with Gasteiger partial charge in [-0.1, -0.05) is 36.4 Å². The number of ether oxygens (including phenoxy) is 1. The molecule has 0 aliphatic heterocycles. The lowest BCUT2D eigenvalue weighted by Gasteiger charge is -2.20. The summed E-state index contributed by atoms with van der Waals surface area (Å²) in [6.45, 7) is 2.32. The number of oxazole rings is 1. The average molecular weight is 421 g/mol. The van der Waals surface area contributed by atoms with E-state index in [0.717, 1.165) is 5.56 Å². The van der Waals surface area contributed by atoms with Gasteiger partial charge in [0.15, 0.2) is 11.7 Å². The van der Waals surface area contributed by atoms with Crippen LogP contribution < -0.4 is 10.1 Å². The molecule has 3 rings (SSSR count). The van der Waals surface area contributed by atoms with Crippen molar-refractivity contribution in [3.05, 3.63) is 66.7 Å². The van der Waals surface area contributed by atoms with Gasteiger partial charge in [0.1, 0.15) is 5.75 Å². The zero-order valence-corrected chi connectivity index (χ0v) is 17.8. The SMILES string of the molecule is CCN(CC(=O)Nc1cccc(OC)c1)C(=O)CCCc1ncc(-c2ccccc2)o1. The number of carbonyl (C=O) groups excluding carboxylic acids is 2. The Hall–Kier alpha value is -3.61. The number of aromatic nitrogens is 1. The van der Waals surface area contributed by atoms with Crippen molar-refractivity contribution in [2.24, 2.45) is 0 Å². The Morgan fingerprint density at radius 2 is 1.94 bits per heavy atom. The number of anilines is 1. The predicted octanol–water partition coefficient (Wildman–Crippen LogP) is 4.16. The Morgan fingerprint density at radius 1 is 1.13 bits per heavy atom. The number of hydrogen-bond donors (Lipinski definition) is 1. The minimum absolute atomic E-state index is 0.00367. The quantitative estimate of drug-likeness (QED) is 0.531. The van der Waals surface area contributed by atoms with Crippen LogP contribution in [0.1, 0.15) is 25.7 Å². The van der Waals surface area contributed by atoms with Crippen molar-refractivity contribution in [1.82, 2.24) is 9.88 Å². The molecule has 0 atom stereocenters. The van der Waals surface area contributed by atoms with Crippen molar-refractivity contribution in [2.75, 3.05) is 25.5 Å². The normalized spacial score (nSPS) is 10.5. The van der Waals surface area contributed by atoms with Crippen LogP contribution in [0.2, 0.25) is 0 Å². The van der Waals surface area contributed by atoms with Gasteiger partial charge in [-0.15, -0.1) is 0 Å². The van der Waals surface area contributed by atoms with Gasteiger partial charge in [0.25, 0.3) is 0 Å². The van der Waals surface area contributed by atoms with Crippen LogP contribution in [0.5, 0.6) is 5.75 Å². The van der Waals surface area contributed by atoms with Crippen LogP contribution in [-0.4, -0.2) is 41.9 Å². The minimum atomic E-state index is -0.247. The third kappa shape index (κ3) is 6.44. The van der Waals surface area contributed by atoms with E-state index in [1.54, 1.807) is 42.5 Å². The Bertz CT molecular complexity index is 1000. The highest BCUT2D eigenvalue weighted by Gasteiger charge is 2.16. The van der Waals surface area contributed by atoms with Crippen LogP contribution in [-0.2, 0) is 16.0 Å². The highest BCUT2D eigenvalue weighted by molar-refractivity contribution is 5.94. The summed E-state index contributed by atoms with van der Waals surface area (Å²) < 4.78 is 10.9. The lowest BCUT2D eigenvalue weighted by molar-refractivity contribution is -0.134. The van der Waals surface area contributed by atoms with Crippen LogP contribution in [0.3, 0.4) is 0 Å². The maximum atomic E-state index is 12.6. The number of carbonyl (C=O) groups is 2. The average Bonchev–Trinajstić information content (AvgIpc) is 3.27. The molecular weight excluding hydrogens is 394 g/mol. The monoisotopic (exact) mass is 421 g/mol. The van der Waals surface area contributed by atoms with Gasteiger partial charge in [-0.25, -0.2) is 4.98 Å². The van der Waals surface area contributed by atoms with Crippen molar-refractivity contribution < 1.29 is 18.7 Å². The van der Waals surface area contributed by atoms with Gasteiger partial charge in [-0.05, 0) is 25.5 Å². The molecule has 3 aromatic rings. The summed E-state index contributed by atoms with van der Waals surface area (Å²) >= 11 is 0. The molecule has 2 amide bonds. The number of likely N-dealkylation sites (N-methyl/N-ethyl adjacent to an activating group) is 1. The molecule has 1 N–H and O–H groups in total. The summed E-state index contributed by atoms with van der Waals surface area (Å²) in [7, 11) is 1.57. The molecule has 162 valence electrons. The van der Waals surface area contributed by atoms with Crippen molar-refractivity contribution in [2.45, 2.75) is 26.2 Å². The largest absolute Gasteiger partial charge is 0.497 e. The minimum Gasteiger partial charge on any atom is -0.497 e. The standard InChI is InChI=1S/C24H27N3O4/c1-3-27(17-22(28)26-19-11-7-12-20(15-19)30-2)24(29)14-8-13-23-25-16-21(31-23)18-9-5-4-6-10-18/h4-7,9-12,15-16H,3,8,13-14,17H2,1-2H3,(H,26,28). The molecule has 0 unspecified atom stereocenters. The number of nitrogens with one attached hydrogen (secondary N) is 1. The second kappa shape index (κ2) is 11.0. The molecular formula is C24H27N3O4. The molecule has 0 saturated heterocycles. The van der Waals surface area contributed by atoms with Crippen LogP contribution in [0.25, 0.3) is 11.3 Å². The van der Waals surface area contributed by atoms with Gasteiger partial charge in [0.2, 0.25) is 11.8 Å². The number of methoxy groups -OCH3 is 1. The molecule has 0 aliphatic carbocycles. The number of aryl methyl sites for hydroxylation is 1. The zero-order valence-electron chi connectivity index (χ0n) is 17.8. The van der Waals surface area contributed by atoms with Gasteiger partial charge in [0, 0.05) is 36.7 Å². The highest BCUT2D eigenvalue weighted by atomic mass is 16.5. The summed E-state index contributed by atoms with van der Waals surface area (Å²) in [6.07, 6.45) is 3.19. The van der Waals surface area contributed by atoms with Gasteiger partial charge < -0.3 is 19.4 Å². The molecule has 0 bridgehead atoms. The van der Waals surface area contributed by atoms with Gasteiger partial charge >= 0.3 is 0 Å². The first-order chi connectivity index (χ1) is 15.1. The van der Waals surface area contributed by atoms with Crippen LogP contribution in [0.15, 0.2) is 65.2 Å². The van der Waals surface area contributed by atoms with E-state index in [1.807, 2.05) is 37.3 Å². The number of rotatable bonds is 10. The smallest absolute Gasteiger partial charge is 0.243 e. The first kappa shape index (κ1) is 22.1. The first-order valence-electron chi connectivity index (χ1n) is 10.3. The molecule has 7 heteroatoms. The molecule has 0 saturated carbocycles. The van der Waals surface area contributed by atoms with Crippen LogP contribution in [0.4, 0.5) is 5.69 Å². The molecule has 1 heterocycles. The summed E-state index contributed by atoms with van der Waals surface area (Å²) in [4.78, 5) is 30.7. The molecule has 0 aliphatic rings. The molecule has 0 spiro atoms. The molecule has 7 nitrogen and oxygen atoms in total. The Kier molecular flexibility index (Phi) is 7.81. The van der Waals surface area contributed by atoms with E-state index in [-0.39, 0.29) is 18.4 Å². The Morgan fingerprint density at radius 3 is 2.68 bits per heavy atom. The summed E-state index contributed by atoms with van der Waals surface area (Å²) in [6, 6.07) is 16.9. The summed E-state index contributed by atoms with van der Waals surface area (Å²) in [5.41, 5.74) is 1.60. The zero-order chi connectivity index (χ0) is 22.1. The topological polar surface area (TPSA) is 84.7 Å². The first-order valence-corrected chi connectivity index (χ1v) is 10.3. The van der Waals surface area contributed by atoms with E-state index in [2.05, 4.69) is 10.3 Å². The van der Waals surface area contributed by atoms with Crippen molar-refractivity contribution in [3.8, 4) is 17.1 Å². The fourth-order valence-electron chi connectivity index (χ4n) is 3.16.